The molecule has 1 saturated heterocycles. The molecule has 98 valence electrons. The van der Waals surface area contributed by atoms with Gasteiger partial charge in [-0.2, -0.15) is 0 Å². The highest BCUT2D eigenvalue weighted by molar-refractivity contribution is 5.56. The summed E-state index contributed by atoms with van der Waals surface area (Å²) >= 11 is 0. The molecule has 1 atom stereocenters. The zero-order valence-electron chi connectivity index (χ0n) is 11.0. The zero-order valence-corrected chi connectivity index (χ0v) is 11.0. The van der Waals surface area contributed by atoms with Gasteiger partial charge in [0, 0.05) is 49.8 Å². The Bertz CT molecular complexity index is 525. The first-order chi connectivity index (χ1) is 9.34. The minimum atomic E-state index is 0.472. The van der Waals surface area contributed by atoms with Gasteiger partial charge in [-0.25, -0.2) is 15.0 Å². The van der Waals surface area contributed by atoms with E-state index in [2.05, 4.69) is 32.1 Å². The minimum Gasteiger partial charge on any atom is -0.351 e. The summed E-state index contributed by atoms with van der Waals surface area (Å²) in [6, 6.07) is 6.37. The quantitative estimate of drug-likeness (QED) is 0.877. The first-order valence-corrected chi connectivity index (χ1v) is 6.55. The summed E-state index contributed by atoms with van der Waals surface area (Å²) in [6.07, 6.45) is 5.34. The smallest absolute Gasteiger partial charge is 0.160 e. The van der Waals surface area contributed by atoms with Crippen LogP contribution in [0.3, 0.4) is 0 Å². The Kier molecular flexibility index (Phi) is 3.37. The summed E-state index contributed by atoms with van der Waals surface area (Å²) in [5.74, 6) is 1.74. The van der Waals surface area contributed by atoms with Gasteiger partial charge in [0.1, 0.15) is 5.82 Å². The first kappa shape index (κ1) is 12.0. The van der Waals surface area contributed by atoms with Gasteiger partial charge in [-0.15, -0.1) is 0 Å². The molecule has 5 nitrogen and oxygen atoms in total. The van der Waals surface area contributed by atoms with Crippen LogP contribution in [0, 0.1) is 0 Å². The van der Waals surface area contributed by atoms with Crippen LogP contribution in [-0.2, 0) is 0 Å². The second-order valence-corrected chi connectivity index (χ2v) is 4.72. The molecule has 0 aromatic carbocycles. The highest BCUT2D eigenvalue weighted by Gasteiger charge is 2.19. The molecule has 0 radical (unpaired) electrons. The fourth-order valence-electron chi connectivity index (χ4n) is 2.32. The van der Waals surface area contributed by atoms with Crippen molar-refractivity contribution in [2.45, 2.75) is 13.0 Å². The van der Waals surface area contributed by atoms with E-state index in [4.69, 9.17) is 0 Å². The van der Waals surface area contributed by atoms with Crippen molar-refractivity contribution in [1.82, 2.24) is 20.3 Å². The summed E-state index contributed by atoms with van der Waals surface area (Å²) < 4.78 is 0. The number of nitrogens with zero attached hydrogens (tertiary/aromatic N) is 4. The third kappa shape index (κ3) is 2.56. The van der Waals surface area contributed by atoms with Gasteiger partial charge in [-0.3, -0.25) is 0 Å². The predicted molar refractivity (Wildman–Crippen MR) is 74.9 cm³/mol. The Morgan fingerprint density at radius 1 is 1.21 bits per heavy atom. The average Bonchev–Trinajstić information content (AvgIpc) is 2.49. The summed E-state index contributed by atoms with van der Waals surface area (Å²) in [6.45, 7) is 5.22. The van der Waals surface area contributed by atoms with Crippen LogP contribution in [-0.4, -0.2) is 40.6 Å². The van der Waals surface area contributed by atoms with Crippen molar-refractivity contribution >= 4 is 5.82 Å². The van der Waals surface area contributed by atoms with Gasteiger partial charge < -0.3 is 10.2 Å². The highest BCUT2D eigenvalue weighted by Crippen LogP contribution is 2.19. The molecule has 1 aliphatic rings. The molecular formula is C14H17N5. The van der Waals surface area contributed by atoms with Crippen LogP contribution in [0.1, 0.15) is 6.92 Å². The minimum absolute atomic E-state index is 0.472. The molecule has 2 aromatic rings. The number of aromatic nitrogens is 3. The standard InChI is InChI=1S/C14H17N5/c1-11-9-15-7-8-19(11)13-4-3-12(10-18-13)14-16-5-2-6-17-14/h2-6,10-11,15H,7-9H2,1H3. The van der Waals surface area contributed by atoms with Crippen LogP contribution >= 0.6 is 0 Å². The number of piperazine rings is 1. The molecule has 1 N–H and O–H groups in total. The van der Waals surface area contributed by atoms with Crippen LogP contribution < -0.4 is 10.2 Å². The molecule has 0 aliphatic carbocycles. The van der Waals surface area contributed by atoms with Crippen LogP contribution in [0.5, 0.6) is 0 Å². The van der Waals surface area contributed by atoms with E-state index in [-0.39, 0.29) is 0 Å². The van der Waals surface area contributed by atoms with Gasteiger partial charge in [0.25, 0.3) is 0 Å². The van der Waals surface area contributed by atoms with Crippen molar-refractivity contribution in [3.05, 3.63) is 36.8 Å². The zero-order chi connectivity index (χ0) is 13.1. The monoisotopic (exact) mass is 255 g/mol. The Hall–Kier alpha value is -2.01. The maximum Gasteiger partial charge on any atom is 0.160 e. The molecular weight excluding hydrogens is 238 g/mol. The molecule has 2 aromatic heterocycles. The topological polar surface area (TPSA) is 53.9 Å². The van der Waals surface area contributed by atoms with E-state index in [1.54, 1.807) is 12.4 Å². The van der Waals surface area contributed by atoms with Gasteiger partial charge in [0.15, 0.2) is 5.82 Å². The van der Waals surface area contributed by atoms with Crippen molar-refractivity contribution in [3.63, 3.8) is 0 Å². The Balaban J connectivity index is 1.83. The average molecular weight is 255 g/mol. The third-order valence-electron chi connectivity index (χ3n) is 3.37. The number of hydrogen-bond acceptors (Lipinski definition) is 5. The SMILES string of the molecule is CC1CNCCN1c1ccc(-c2ncccn2)cn1. The molecule has 5 heteroatoms. The molecule has 0 saturated carbocycles. The lowest BCUT2D eigenvalue weighted by molar-refractivity contribution is 0.497. The van der Waals surface area contributed by atoms with Crippen molar-refractivity contribution in [3.8, 4) is 11.4 Å². The second kappa shape index (κ2) is 5.32. The van der Waals surface area contributed by atoms with E-state index >= 15 is 0 Å². The van der Waals surface area contributed by atoms with Gasteiger partial charge >= 0.3 is 0 Å². The molecule has 0 bridgehead atoms. The fourth-order valence-corrected chi connectivity index (χ4v) is 2.32. The lowest BCUT2D eigenvalue weighted by Crippen LogP contribution is -2.50. The molecule has 3 heterocycles. The third-order valence-corrected chi connectivity index (χ3v) is 3.37. The summed E-state index contributed by atoms with van der Waals surface area (Å²) in [4.78, 5) is 15.3. The van der Waals surface area contributed by atoms with Crippen LogP contribution in [0.4, 0.5) is 5.82 Å². The molecule has 1 unspecified atom stereocenters. The number of anilines is 1. The van der Waals surface area contributed by atoms with Gasteiger partial charge in [-0.1, -0.05) is 0 Å². The summed E-state index contributed by atoms with van der Waals surface area (Å²) in [5.41, 5.74) is 0.951. The number of hydrogen-bond donors (Lipinski definition) is 1. The van der Waals surface area contributed by atoms with Crippen LogP contribution in [0.25, 0.3) is 11.4 Å². The fraction of sp³-hybridized carbons (Fsp3) is 0.357. The first-order valence-electron chi connectivity index (χ1n) is 6.55. The molecule has 0 amide bonds. The molecule has 0 spiro atoms. The van der Waals surface area contributed by atoms with Crippen molar-refractivity contribution in [1.29, 1.82) is 0 Å². The maximum atomic E-state index is 4.55. The van der Waals surface area contributed by atoms with Gasteiger partial charge in [0.2, 0.25) is 0 Å². The van der Waals surface area contributed by atoms with Crippen LogP contribution in [0.2, 0.25) is 0 Å². The molecule has 3 rings (SSSR count). The highest BCUT2D eigenvalue weighted by atomic mass is 15.3. The molecule has 1 fully saturated rings. The van der Waals surface area contributed by atoms with Gasteiger partial charge in [-0.05, 0) is 25.1 Å². The van der Waals surface area contributed by atoms with E-state index in [1.807, 2.05) is 24.4 Å². The lowest BCUT2D eigenvalue weighted by atomic mass is 10.2. The normalized spacial score (nSPS) is 19.4. The number of rotatable bonds is 2. The van der Waals surface area contributed by atoms with Crippen molar-refractivity contribution in [2.75, 3.05) is 24.5 Å². The number of pyridine rings is 1. The lowest BCUT2D eigenvalue weighted by Gasteiger charge is -2.34. The second-order valence-electron chi connectivity index (χ2n) is 4.72. The van der Waals surface area contributed by atoms with E-state index in [0.717, 1.165) is 36.8 Å². The van der Waals surface area contributed by atoms with Crippen LogP contribution in [0.15, 0.2) is 36.8 Å². The molecule has 1 aliphatic heterocycles. The van der Waals surface area contributed by atoms with E-state index < -0.39 is 0 Å². The molecule has 19 heavy (non-hydrogen) atoms. The van der Waals surface area contributed by atoms with Crippen molar-refractivity contribution < 1.29 is 0 Å². The Morgan fingerprint density at radius 3 is 2.74 bits per heavy atom. The van der Waals surface area contributed by atoms with Crippen molar-refractivity contribution in [2.24, 2.45) is 0 Å². The van der Waals surface area contributed by atoms with E-state index in [1.165, 1.54) is 0 Å². The van der Waals surface area contributed by atoms with Gasteiger partial charge in [0.05, 0.1) is 0 Å². The Labute approximate surface area is 112 Å². The summed E-state index contributed by atoms with van der Waals surface area (Å²) in [7, 11) is 0. The maximum absolute atomic E-state index is 4.55. The number of nitrogens with one attached hydrogen (secondary N) is 1. The Morgan fingerprint density at radius 2 is 2.05 bits per heavy atom. The van der Waals surface area contributed by atoms with E-state index in [0.29, 0.717) is 6.04 Å². The van der Waals surface area contributed by atoms with E-state index in [9.17, 15) is 0 Å². The predicted octanol–water partition coefficient (Wildman–Crippen LogP) is 1.34. The largest absolute Gasteiger partial charge is 0.351 e. The summed E-state index contributed by atoms with van der Waals surface area (Å²) in [5, 5.41) is 3.38.